The quantitative estimate of drug-likeness (QED) is 0.670. The van der Waals surface area contributed by atoms with Crippen molar-refractivity contribution in [1.29, 1.82) is 0 Å². The Morgan fingerprint density at radius 3 is 2.93 bits per heavy atom. The predicted molar refractivity (Wildman–Crippen MR) is 53.0 cm³/mol. The van der Waals surface area contributed by atoms with Gasteiger partial charge in [0.05, 0.1) is 0 Å². The lowest BCUT2D eigenvalue weighted by molar-refractivity contribution is -0.132. The van der Waals surface area contributed by atoms with Gasteiger partial charge in [-0.3, -0.25) is 4.79 Å². The van der Waals surface area contributed by atoms with Crippen LogP contribution in [0, 0.1) is 5.82 Å². The Kier molecular flexibility index (Phi) is 2.33. The van der Waals surface area contributed by atoms with E-state index in [2.05, 4.69) is 4.98 Å². The van der Waals surface area contributed by atoms with Gasteiger partial charge in [0.1, 0.15) is 5.82 Å². The molecule has 0 amide bonds. The molecule has 76 valence electrons. The molecule has 0 spiro atoms. The topological polar surface area (TPSA) is 39.2 Å². The molecular weight excluding hydrogens is 197 g/mol. The lowest BCUT2D eigenvalue weighted by Crippen LogP contribution is -2.03. The highest BCUT2D eigenvalue weighted by atomic mass is 19.1. The Morgan fingerprint density at radius 2 is 2.20 bits per heavy atom. The molecule has 1 heterocycles. The highest BCUT2D eigenvalue weighted by Gasteiger charge is 2.06. The fourth-order valence-electron chi connectivity index (χ4n) is 1.34. The van der Waals surface area contributed by atoms with Gasteiger partial charge in [0, 0.05) is 18.5 Å². The smallest absolute Gasteiger partial charge is 0.309 e. The number of aromatic nitrogens is 1. The summed E-state index contributed by atoms with van der Waals surface area (Å²) in [5.41, 5.74) is 0. The van der Waals surface area contributed by atoms with Crippen LogP contribution in [0.3, 0.4) is 0 Å². The fraction of sp³-hybridized carbons (Fsp3) is 0.0909. The van der Waals surface area contributed by atoms with E-state index in [-0.39, 0.29) is 11.7 Å². The number of halogens is 1. The molecule has 15 heavy (non-hydrogen) atoms. The van der Waals surface area contributed by atoms with Crippen LogP contribution in [0.15, 0.2) is 30.5 Å². The zero-order valence-corrected chi connectivity index (χ0v) is 8.03. The number of hydrogen-bond donors (Lipinski definition) is 0. The van der Waals surface area contributed by atoms with Crippen molar-refractivity contribution in [3.05, 3.63) is 36.3 Å². The van der Waals surface area contributed by atoms with Gasteiger partial charge in [-0.2, -0.15) is 0 Å². The third-order valence-corrected chi connectivity index (χ3v) is 1.93. The number of fused-ring (bicyclic) bond motifs is 1. The highest BCUT2D eigenvalue weighted by molar-refractivity contribution is 5.88. The van der Waals surface area contributed by atoms with Crippen LogP contribution in [0.25, 0.3) is 10.8 Å². The van der Waals surface area contributed by atoms with E-state index in [0.717, 1.165) is 0 Å². The van der Waals surface area contributed by atoms with E-state index >= 15 is 0 Å². The van der Waals surface area contributed by atoms with Crippen LogP contribution in [0.2, 0.25) is 0 Å². The molecule has 0 saturated heterocycles. The van der Waals surface area contributed by atoms with E-state index in [9.17, 15) is 9.18 Å². The van der Waals surface area contributed by atoms with Crippen LogP contribution in [-0.2, 0) is 4.79 Å². The molecule has 0 N–H and O–H groups in total. The van der Waals surface area contributed by atoms with Crippen LogP contribution in [0.4, 0.5) is 4.39 Å². The maximum atomic E-state index is 12.9. The molecule has 0 bridgehead atoms. The predicted octanol–water partition coefficient (Wildman–Crippen LogP) is 2.30. The number of nitrogens with zero attached hydrogens (tertiary/aromatic N) is 1. The molecule has 1 aromatic carbocycles. The number of carbonyl (C=O) groups is 1. The lowest BCUT2D eigenvalue weighted by Gasteiger charge is -2.04. The first-order valence-corrected chi connectivity index (χ1v) is 4.39. The van der Waals surface area contributed by atoms with Gasteiger partial charge in [-0.1, -0.05) is 0 Å². The van der Waals surface area contributed by atoms with Gasteiger partial charge in [-0.15, -0.1) is 0 Å². The van der Waals surface area contributed by atoms with E-state index in [4.69, 9.17) is 4.74 Å². The maximum absolute atomic E-state index is 12.9. The Labute approximate surface area is 85.5 Å². The van der Waals surface area contributed by atoms with Crippen LogP contribution in [0.5, 0.6) is 5.88 Å². The first kappa shape index (κ1) is 9.58. The molecule has 1 aromatic heterocycles. The Balaban J connectivity index is 2.60. The molecule has 0 unspecified atom stereocenters. The molecular formula is C11H8FNO2. The number of rotatable bonds is 1. The van der Waals surface area contributed by atoms with Gasteiger partial charge in [0.25, 0.3) is 0 Å². The van der Waals surface area contributed by atoms with E-state index < -0.39 is 5.97 Å². The molecule has 0 aliphatic carbocycles. The van der Waals surface area contributed by atoms with E-state index in [1.807, 2.05) is 0 Å². The maximum Gasteiger partial charge on any atom is 0.309 e. The van der Waals surface area contributed by atoms with Crippen LogP contribution >= 0.6 is 0 Å². The summed E-state index contributed by atoms with van der Waals surface area (Å²) in [6, 6.07) is 5.86. The monoisotopic (exact) mass is 205 g/mol. The van der Waals surface area contributed by atoms with E-state index in [0.29, 0.717) is 10.8 Å². The number of esters is 1. The Bertz CT molecular complexity index is 525. The minimum Gasteiger partial charge on any atom is -0.407 e. The average molecular weight is 205 g/mol. The van der Waals surface area contributed by atoms with Gasteiger partial charge < -0.3 is 4.74 Å². The highest BCUT2D eigenvalue weighted by Crippen LogP contribution is 2.23. The third kappa shape index (κ3) is 1.93. The summed E-state index contributed by atoms with van der Waals surface area (Å²) in [7, 11) is 0. The number of hydrogen-bond acceptors (Lipinski definition) is 3. The van der Waals surface area contributed by atoms with Crippen molar-refractivity contribution in [2.75, 3.05) is 0 Å². The van der Waals surface area contributed by atoms with E-state index in [1.54, 1.807) is 6.07 Å². The Morgan fingerprint density at radius 1 is 1.40 bits per heavy atom. The molecule has 2 aromatic rings. The zero-order chi connectivity index (χ0) is 10.8. The molecule has 4 heteroatoms. The normalized spacial score (nSPS) is 10.3. The van der Waals surface area contributed by atoms with Crippen molar-refractivity contribution in [3.8, 4) is 5.88 Å². The summed E-state index contributed by atoms with van der Waals surface area (Å²) < 4.78 is 17.8. The summed E-state index contributed by atoms with van der Waals surface area (Å²) in [4.78, 5) is 14.7. The van der Waals surface area contributed by atoms with Crippen molar-refractivity contribution >= 4 is 16.7 Å². The van der Waals surface area contributed by atoms with Crippen molar-refractivity contribution in [3.63, 3.8) is 0 Å². The van der Waals surface area contributed by atoms with Crippen LogP contribution in [0.1, 0.15) is 6.92 Å². The summed E-state index contributed by atoms with van der Waals surface area (Å²) in [6.45, 7) is 1.30. The second kappa shape index (κ2) is 3.65. The first-order valence-electron chi connectivity index (χ1n) is 4.39. The second-order valence-electron chi connectivity index (χ2n) is 3.08. The first-order chi connectivity index (χ1) is 7.16. The second-order valence-corrected chi connectivity index (χ2v) is 3.08. The van der Waals surface area contributed by atoms with Crippen molar-refractivity contribution in [2.45, 2.75) is 6.92 Å². The summed E-state index contributed by atoms with van der Waals surface area (Å²) in [6.07, 6.45) is 1.47. The molecule has 0 aliphatic heterocycles. The fourth-order valence-corrected chi connectivity index (χ4v) is 1.34. The standard InChI is InChI=1S/C11H8FNO2/c1-7(14)15-11-10-3-2-9(12)6-8(10)4-5-13-11/h2-6H,1H3. The van der Waals surface area contributed by atoms with Gasteiger partial charge in [-0.25, -0.2) is 9.37 Å². The van der Waals surface area contributed by atoms with Gasteiger partial charge >= 0.3 is 5.97 Å². The van der Waals surface area contributed by atoms with Gasteiger partial charge in [-0.05, 0) is 29.7 Å². The molecule has 2 rings (SSSR count). The lowest BCUT2D eigenvalue weighted by atomic mass is 10.2. The molecule has 0 aliphatic rings. The molecule has 0 atom stereocenters. The van der Waals surface area contributed by atoms with Crippen molar-refractivity contribution < 1.29 is 13.9 Å². The number of ether oxygens (including phenoxy) is 1. The largest absolute Gasteiger partial charge is 0.407 e. The summed E-state index contributed by atoms with van der Waals surface area (Å²) in [5.74, 6) is -0.568. The SMILES string of the molecule is CC(=O)Oc1nccc2cc(F)ccc12. The van der Waals surface area contributed by atoms with Crippen molar-refractivity contribution in [2.24, 2.45) is 0 Å². The van der Waals surface area contributed by atoms with Crippen molar-refractivity contribution in [1.82, 2.24) is 4.98 Å². The molecule has 0 fully saturated rings. The summed E-state index contributed by atoms with van der Waals surface area (Å²) in [5, 5.41) is 1.27. The average Bonchev–Trinajstić information content (AvgIpc) is 2.16. The number of carbonyl (C=O) groups excluding carboxylic acids is 1. The Hall–Kier alpha value is -1.97. The van der Waals surface area contributed by atoms with Crippen LogP contribution in [-0.4, -0.2) is 11.0 Å². The minimum absolute atomic E-state index is 0.208. The molecule has 0 radical (unpaired) electrons. The van der Waals surface area contributed by atoms with Gasteiger partial charge in [0.2, 0.25) is 5.88 Å². The molecule has 0 saturated carbocycles. The minimum atomic E-state index is -0.445. The molecule has 3 nitrogen and oxygen atoms in total. The van der Waals surface area contributed by atoms with E-state index in [1.165, 1.54) is 31.3 Å². The number of pyridine rings is 1. The zero-order valence-electron chi connectivity index (χ0n) is 8.03. The van der Waals surface area contributed by atoms with Gasteiger partial charge in [0.15, 0.2) is 0 Å². The number of benzene rings is 1. The summed E-state index contributed by atoms with van der Waals surface area (Å²) >= 11 is 0. The third-order valence-electron chi connectivity index (χ3n) is 1.93. The van der Waals surface area contributed by atoms with Crippen LogP contribution < -0.4 is 4.74 Å².